The molecule has 1 saturated heterocycles. The lowest BCUT2D eigenvalue weighted by atomic mass is 10.1. The molecule has 108 valence electrons. The molecule has 2 N–H and O–H groups in total. The summed E-state index contributed by atoms with van der Waals surface area (Å²) in [5.41, 5.74) is 6.87. The fraction of sp³-hybridized carbons (Fsp3) is 0.533. The van der Waals surface area contributed by atoms with Crippen LogP contribution in [-0.2, 0) is 4.74 Å². The van der Waals surface area contributed by atoms with Crippen LogP contribution in [0.1, 0.15) is 29.6 Å². The van der Waals surface area contributed by atoms with E-state index in [1.165, 1.54) is 0 Å². The summed E-state index contributed by atoms with van der Waals surface area (Å²) in [7, 11) is 0. The molecular formula is C15H19ClN2O2. The molecular weight excluding hydrogens is 276 g/mol. The molecule has 1 heterocycles. The average molecular weight is 295 g/mol. The Morgan fingerprint density at radius 2 is 2.20 bits per heavy atom. The summed E-state index contributed by atoms with van der Waals surface area (Å²) >= 11 is 5.91. The Morgan fingerprint density at radius 1 is 1.40 bits per heavy atom. The van der Waals surface area contributed by atoms with Gasteiger partial charge in [0.25, 0.3) is 5.91 Å². The molecule has 4 nitrogen and oxygen atoms in total. The van der Waals surface area contributed by atoms with Crippen LogP contribution in [0.4, 0.5) is 5.69 Å². The van der Waals surface area contributed by atoms with Crippen molar-refractivity contribution in [3.8, 4) is 0 Å². The number of rotatable bonds is 4. The number of ether oxygens (including phenoxy) is 1. The molecule has 0 spiro atoms. The summed E-state index contributed by atoms with van der Waals surface area (Å²) in [6.07, 6.45) is 3.24. The van der Waals surface area contributed by atoms with E-state index in [1.54, 1.807) is 18.2 Å². The van der Waals surface area contributed by atoms with Gasteiger partial charge < -0.3 is 15.4 Å². The number of amides is 1. The molecule has 5 heteroatoms. The number of nitrogen functional groups attached to an aromatic ring is 1. The number of hydrogen-bond donors (Lipinski definition) is 1. The number of hydrogen-bond acceptors (Lipinski definition) is 3. The highest BCUT2D eigenvalue weighted by atomic mass is 35.5. The van der Waals surface area contributed by atoms with Gasteiger partial charge in [-0.1, -0.05) is 11.6 Å². The molecule has 1 aromatic carbocycles. The lowest BCUT2D eigenvalue weighted by molar-refractivity contribution is 0.0706. The van der Waals surface area contributed by atoms with Crippen molar-refractivity contribution in [3.05, 3.63) is 28.8 Å². The van der Waals surface area contributed by atoms with Gasteiger partial charge in [0.15, 0.2) is 0 Å². The Kier molecular flexibility index (Phi) is 3.85. The van der Waals surface area contributed by atoms with Gasteiger partial charge in [0.1, 0.15) is 0 Å². The maximum absolute atomic E-state index is 12.7. The third kappa shape index (κ3) is 2.91. The fourth-order valence-electron chi connectivity index (χ4n) is 2.63. The number of nitrogens with two attached hydrogens (primary N) is 1. The van der Waals surface area contributed by atoms with Crippen LogP contribution in [0.5, 0.6) is 0 Å². The number of halogens is 1. The van der Waals surface area contributed by atoms with Crippen molar-refractivity contribution in [3.63, 3.8) is 0 Å². The van der Waals surface area contributed by atoms with E-state index < -0.39 is 0 Å². The van der Waals surface area contributed by atoms with Gasteiger partial charge in [-0.3, -0.25) is 4.79 Å². The molecule has 3 rings (SSSR count). The van der Waals surface area contributed by atoms with Crippen molar-refractivity contribution >= 4 is 23.2 Å². The topological polar surface area (TPSA) is 55.6 Å². The predicted molar refractivity (Wildman–Crippen MR) is 78.8 cm³/mol. The first-order chi connectivity index (χ1) is 9.65. The van der Waals surface area contributed by atoms with E-state index >= 15 is 0 Å². The van der Waals surface area contributed by atoms with Gasteiger partial charge in [0.2, 0.25) is 0 Å². The fourth-order valence-corrected chi connectivity index (χ4v) is 2.75. The van der Waals surface area contributed by atoms with Gasteiger partial charge in [0, 0.05) is 30.7 Å². The molecule has 1 unspecified atom stereocenters. The summed E-state index contributed by atoms with van der Waals surface area (Å²) in [6.45, 7) is 2.36. The Bertz CT molecular complexity index is 511. The first kappa shape index (κ1) is 13.7. The van der Waals surface area contributed by atoms with Crippen molar-refractivity contribution in [1.29, 1.82) is 0 Å². The summed E-state index contributed by atoms with van der Waals surface area (Å²) in [6, 6.07) is 5.50. The van der Waals surface area contributed by atoms with Crippen LogP contribution < -0.4 is 5.73 Å². The maximum Gasteiger partial charge on any atom is 0.254 e. The molecule has 1 aliphatic carbocycles. The minimum absolute atomic E-state index is 0.0581. The third-order valence-electron chi connectivity index (χ3n) is 3.97. The Hall–Kier alpha value is -1.26. The summed E-state index contributed by atoms with van der Waals surface area (Å²) in [5, 5.41) is 0.490. The van der Waals surface area contributed by atoms with Crippen molar-refractivity contribution < 1.29 is 9.53 Å². The van der Waals surface area contributed by atoms with Crippen LogP contribution in [0.15, 0.2) is 18.2 Å². The zero-order valence-corrected chi connectivity index (χ0v) is 12.1. The molecule has 0 bridgehead atoms. The molecule has 1 amide bonds. The van der Waals surface area contributed by atoms with E-state index in [2.05, 4.69) is 0 Å². The SMILES string of the molecule is Nc1cc(C(=O)N(CC2CCOC2)C2CC2)ccc1Cl. The van der Waals surface area contributed by atoms with Crippen LogP contribution >= 0.6 is 11.6 Å². The number of nitrogens with zero attached hydrogens (tertiary/aromatic N) is 1. The second-order valence-electron chi connectivity index (χ2n) is 5.65. The average Bonchev–Trinajstić information content (AvgIpc) is 3.15. The smallest absolute Gasteiger partial charge is 0.254 e. The van der Waals surface area contributed by atoms with Crippen molar-refractivity contribution in [1.82, 2.24) is 4.90 Å². The highest BCUT2D eigenvalue weighted by Gasteiger charge is 2.35. The molecule has 20 heavy (non-hydrogen) atoms. The lowest BCUT2D eigenvalue weighted by Gasteiger charge is -2.25. The zero-order valence-electron chi connectivity index (χ0n) is 11.3. The monoisotopic (exact) mass is 294 g/mol. The van der Waals surface area contributed by atoms with Crippen molar-refractivity contribution in [2.24, 2.45) is 5.92 Å². The predicted octanol–water partition coefficient (Wildman–Crippen LogP) is 2.56. The standard InChI is InChI=1S/C15H19ClN2O2/c16-13-4-1-11(7-14(13)17)15(19)18(12-2-3-12)8-10-5-6-20-9-10/h1,4,7,10,12H,2-3,5-6,8-9,17H2. The number of carbonyl (C=O) groups is 1. The normalized spacial score (nSPS) is 21.9. The second-order valence-corrected chi connectivity index (χ2v) is 6.06. The van der Waals surface area contributed by atoms with Crippen LogP contribution in [0.3, 0.4) is 0 Å². The Morgan fingerprint density at radius 3 is 2.80 bits per heavy atom. The van der Waals surface area contributed by atoms with E-state index in [0.717, 1.165) is 39.0 Å². The van der Waals surface area contributed by atoms with E-state index in [-0.39, 0.29) is 5.91 Å². The van der Waals surface area contributed by atoms with Gasteiger partial charge in [0.05, 0.1) is 17.3 Å². The third-order valence-corrected chi connectivity index (χ3v) is 4.31. The quantitative estimate of drug-likeness (QED) is 0.868. The molecule has 1 saturated carbocycles. The summed E-state index contributed by atoms with van der Waals surface area (Å²) in [4.78, 5) is 14.7. The summed E-state index contributed by atoms with van der Waals surface area (Å²) < 4.78 is 5.40. The first-order valence-electron chi connectivity index (χ1n) is 7.09. The van der Waals surface area contributed by atoms with Crippen LogP contribution in [-0.4, -0.2) is 36.6 Å². The molecule has 2 fully saturated rings. The zero-order chi connectivity index (χ0) is 14.1. The lowest BCUT2D eigenvalue weighted by Crippen LogP contribution is -2.37. The van der Waals surface area contributed by atoms with Gasteiger partial charge in [-0.05, 0) is 37.5 Å². The maximum atomic E-state index is 12.7. The second kappa shape index (κ2) is 5.62. The van der Waals surface area contributed by atoms with Crippen LogP contribution in [0, 0.1) is 5.92 Å². The van der Waals surface area contributed by atoms with E-state index in [9.17, 15) is 4.79 Å². The number of anilines is 1. The van der Waals surface area contributed by atoms with E-state index in [4.69, 9.17) is 22.1 Å². The molecule has 0 aromatic heterocycles. The highest BCUT2D eigenvalue weighted by Crippen LogP contribution is 2.31. The van der Waals surface area contributed by atoms with E-state index in [1.807, 2.05) is 4.90 Å². The highest BCUT2D eigenvalue weighted by molar-refractivity contribution is 6.33. The van der Waals surface area contributed by atoms with Gasteiger partial charge >= 0.3 is 0 Å². The van der Waals surface area contributed by atoms with Gasteiger partial charge in [-0.2, -0.15) is 0 Å². The van der Waals surface area contributed by atoms with Crippen LogP contribution in [0.25, 0.3) is 0 Å². The number of carbonyl (C=O) groups excluding carboxylic acids is 1. The Labute approximate surface area is 123 Å². The minimum atomic E-state index is 0.0581. The van der Waals surface area contributed by atoms with Crippen LogP contribution in [0.2, 0.25) is 5.02 Å². The largest absolute Gasteiger partial charge is 0.398 e. The first-order valence-corrected chi connectivity index (χ1v) is 7.46. The molecule has 1 aromatic rings. The Balaban J connectivity index is 1.75. The molecule has 1 atom stereocenters. The van der Waals surface area contributed by atoms with Crippen molar-refractivity contribution in [2.75, 3.05) is 25.5 Å². The van der Waals surface area contributed by atoms with Crippen molar-refractivity contribution in [2.45, 2.75) is 25.3 Å². The van der Waals surface area contributed by atoms with E-state index in [0.29, 0.717) is 28.2 Å². The molecule has 1 aliphatic heterocycles. The van der Waals surface area contributed by atoms with Gasteiger partial charge in [-0.15, -0.1) is 0 Å². The number of benzene rings is 1. The molecule has 2 aliphatic rings. The van der Waals surface area contributed by atoms with Gasteiger partial charge in [-0.25, -0.2) is 0 Å². The summed E-state index contributed by atoms with van der Waals surface area (Å²) in [5.74, 6) is 0.520. The molecule has 0 radical (unpaired) electrons. The minimum Gasteiger partial charge on any atom is -0.398 e.